The summed E-state index contributed by atoms with van der Waals surface area (Å²) in [6, 6.07) is 7.17. The van der Waals surface area contributed by atoms with Gasteiger partial charge in [0, 0.05) is 24.0 Å². The monoisotopic (exact) mass is 446 g/mol. The van der Waals surface area contributed by atoms with E-state index >= 15 is 0 Å². The van der Waals surface area contributed by atoms with E-state index in [2.05, 4.69) is 19.8 Å². The van der Waals surface area contributed by atoms with E-state index < -0.39 is 22.1 Å². The average molecular weight is 446 g/mol. The highest BCUT2D eigenvalue weighted by Crippen LogP contribution is 2.27. The van der Waals surface area contributed by atoms with Crippen molar-refractivity contribution < 1.29 is 27.2 Å². The highest BCUT2D eigenvalue weighted by Gasteiger charge is 2.25. The smallest absolute Gasteiger partial charge is 0.338 e. The van der Waals surface area contributed by atoms with E-state index in [1.807, 2.05) is 0 Å². The first-order valence-corrected chi connectivity index (χ1v) is 10.8. The van der Waals surface area contributed by atoms with Crippen LogP contribution in [-0.4, -0.2) is 42.7 Å². The Morgan fingerprint density at radius 2 is 1.97 bits per heavy atom. The number of carbonyl (C=O) groups is 1. The highest BCUT2D eigenvalue weighted by atomic mass is 32.2. The number of esters is 1. The van der Waals surface area contributed by atoms with Gasteiger partial charge in [0.25, 0.3) is 5.89 Å². The molecule has 0 amide bonds. The van der Waals surface area contributed by atoms with Gasteiger partial charge in [-0.15, -0.1) is 0 Å². The maximum absolute atomic E-state index is 12.6. The van der Waals surface area contributed by atoms with E-state index in [0.29, 0.717) is 11.4 Å². The number of hydrogen-bond acceptors (Lipinski definition) is 9. The maximum Gasteiger partial charge on any atom is 0.338 e. The summed E-state index contributed by atoms with van der Waals surface area (Å²) in [4.78, 5) is 20.7. The van der Waals surface area contributed by atoms with Gasteiger partial charge >= 0.3 is 5.97 Å². The van der Waals surface area contributed by atoms with Crippen molar-refractivity contribution in [3.8, 4) is 17.1 Å². The van der Waals surface area contributed by atoms with Gasteiger partial charge in [-0.3, -0.25) is 4.98 Å². The number of benzene rings is 1. The fraction of sp³-hybridized carbons (Fsp3) is 0.300. The molecule has 2 aromatic heterocycles. The van der Waals surface area contributed by atoms with Gasteiger partial charge in [-0.25, -0.2) is 17.9 Å². The molecule has 0 saturated heterocycles. The Balaban J connectivity index is 1.80. The van der Waals surface area contributed by atoms with Gasteiger partial charge in [-0.2, -0.15) is 4.98 Å². The number of pyridine rings is 1. The lowest BCUT2D eigenvalue weighted by Gasteiger charge is -2.14. The van der Waals surface area contributed by atoms with Gasteiger partial charge in [0.05, 0.1) is 12.7 Å². The summed E-state index contributed by atoms with van der Waals surface area (Å²) in [6.45, 7) is 4.95. The Bertz CT molecular complexity index is 1160. The highest BCUT2D eigenvalue weighted by molar-refractivity contribution is 7.89. The molecule has 10 nitrogen and oxygen atoms in total. The second-order valence-corrected chi connectivity index (χ2v) is 8.57. The molecule has 0 radical (unpaired) electrons. The van der Waals surface area contributed by atoms with E-state index in [9.17, 15) is 13.2 Å². The molecule has 164 valence electrons. The molecule has 0 bridgehead atoms. The fourth-order valence-corrected chi connectivity index (χ4v) is 4.13. The SMILES string of the molecule is COc1ccc(C(=O)OC(C)c2nc(-c3cccnc3)no2)cc1S(=O)(=O)NC(C)C. The Hall–Kier alpha value is -3.31. The summed E-state index contributed by atoms with van der Waals surface area (Å²) in [5, 5.41) is 3.86. The summed E-state index contributed by atoms with van der Waals surface area (Å²) in [5.41, 5.74) is 0.683. The van der Waals surface area contributed by atoms with Crippen LogP contribution in [0, 0.1) is 0 Å². The Labute approximate surface area is 179 Å². The number of aromatic nitrogens is 3. The van der Waals surface area contributed by atoms with Crippen LogP contribution >= 0.6 is 0 Å². The number of sulfonamides is 1. The van der Waals surface area contributed by atoms with Crippen LogP contribution in [0.2, 0.25) is 0 Å². The van der Waals surface area contributed by atoms with E-state index in [1.54, 1.807) is 45.3 Å². The molecule has 0 saturated carbocycles. The molecule has 0 aliphatic carbocycles. The molecule has 11 heteroatoms. The number of methoxy groups -OCH3 is 1. The van der Waals surface area contributed by atoms with E-state index in [0.717, 1.165) is 0 Å². The van der Waals surface area contributed by atoms with Crippen molar-refractivity contribution in [1.82, 2.24) is 19.8 Å². The zero-order valence-corrected chi connectivity index (χ0v) is 18.2. The Morgan fingerprint density at radius 3 is 2.61 bits per heavy atom. The third-order valence-corrected chi connectivity index (χ3v) is 5.75. The normalized spacial score (nSPS) is 12.5. The van der Waals surface area contributed by atoms with Crippen LogP contribution < -0.4 is 9.46 Å². The first-order valence-electron chi connectivity index (χ1n) is 9.36. The first-order chi connectivity index (χ1) is 14.7. The van der Waals surface area contributed by atoms with Gasteiger partial charge in [-0.05, 0) is 51.1 Å². The summed E-state index contributed by atoms with van der Waals surface area (Å²) in [5.74, 6) is -0.244. The second-order valence-electron chi connectivity index (χ2n) is 6.89. The van der Waals surface area contributed by atoms with Gasteiger partial charge in [0.1, 0.15) is 10.6 Å². The molecule has 2 heterocycles. The van der Waals surface area contributed by atoms with Gasteiger partial charge in [0.15, 0.2) is 6.10 Å². The van der Waals surface area contributed by atoms with Crippen molar-refractivity contribution in [3.63, 3.8) is 0 Å². The lowest BCUT2D eigenvalue weighted by Crippen LogP contribution is -2.30. The lowest BCUT2D eigenvalue weighted by molar-refractivity contribution is 0.0265. The molecule has 0 aliphatic heterocycles. The van der Waals surface area contributed by atoms with Crippen LogP contribution in [0.5, 0.6) is 5.75 Å². The fourth-order valence-electron chi connectivity index (χ4n) is 2.68. The maximum atomic E-state index is 12.6. The lowest BCUT2D eigenvalue weighted by atomic mass is 10.2. The van der Waals surface area contributed by atoms with Crippen LogP contribution in [-0.2, 0) is 14.8 Å². The van der Waals surface area contributed by atoms with Gasteiger partial charge < -0.3 is 14.0 Å². The first kappa shape index (κ1) is 22.4. The van der Waals surface area contributed by atoms with Crippen molar-refractivity contribution in [2.24, 2.45) is 0 Å². The molecule has 1 N–H and O–H groups in total. The number of nitrogens with zero attached hydrogens (tertiary/aromatic N) is 3. The number of rotatable bonds is 8. The van der Waals surface area contributed by atoms with Crippen molar-refractivity contribution in [1.29, 1.82) is 0 Å². The van der Waals surface area contributed by atoms with E-state index in [4.69, 9.17) is 14.0 Å². The average Bonchev–Trinajstić information content (AvgIpc) is 3.23. The van der Waals surface area contributed by atoms with Crippen molar-refractivity contribution in [2.75, 3.05) is 7.11 Å². The summed E-state index contributed by atoms with van der Waals surface area (Å²) < 4.78 is 43.4. The quantitative estimate of drug-likeness (QED) is 0.518. The molecular formula is C20H22N4O6S. The third kappa shape index (κ3) is 5.25. The van der Waals surface area contributed by atoms with E-state index in [-0.39, 0.29) is 28.1 Å². The number of hydrogen-bond donors (Lipinski definition) is 1. The van der Waals surface area contributed by atoms with Crippen LogP contribution in [0.4, 0.5) is 0 Å². The summed E-state index contributed by atoms with van der Waals surface area (Å²) in [6.07, 6.45) is 2.34. The molecule has 1 unspecified atom stereocenters. The van der Waals surface area contributed by atoms with Crippen LogP contribution in [0.3, 0.4) is 0 Å². The molecular weight excluding hydrogens is 424 g/mol. The Morgan fingerprint density at radius 1 is 1.19 bits per heavy atom. The zero-order chi connectivity index (χ0) is 22.6. The summed E-state index contributed by atoms with van der Waals surface area (Å²) >= 11 is 0. The predicted octanol–water partition coefficient (Wildman–Crippen LogP) is 2.74. The van der Waals surface area contributed by atoms with Crippen molar-refractivity contribution in [2.45, 2.75) is 37.8 Å². The molecule has 0 aliphatic rings. The predicted molar refractivity (Wildman–Crippen MR) is 110 cm³/mol. The van der Waals surface area contributed by atoms with Gasteiger partial charge in [-0.1, -0.05) is 5.16 Å². The number of ether oxygens (including phenoxy) is 2. The topological polar surface area (TPSA) is 134 Å². The third-order valence-electron chi connectivity index (χ3n) is 4.07. The van der Waals surface area contributed by atoms with Crippen molar-refractivity contribution in [3.05, 3.63) is 54.2 Å². The van der Waals surface area contributed by atoms with Crippen molar-refractivity contribution >= 4 is 16.0 Å². The minimum Gasteiger partial charge on any atom is -0.495 e. The number of carbonyl (C=O) groups excluding carboxylic acids is 1. The van der Waals surface area contributed by atoms with Crippen LogP contribution in [0.15, 0.2) is 52.1 Å². The minimum absolute atomic E-state index is 0.0313. The second kappa shape index (κ2) is 9.23. The Kier molecular flexibility index (Phi) is 6.66. The van der Waals surface area contributed by atoms with Gasteiger partial charge in [0.2, 0.25) is 15.8 Å². The number of nitrogens with one attached hydrogen (secondary N) is 1. The molecule has 3 aromatic rings. The largest absolute Gasteiger partial charge is 0.495 e. The van der Waals surface area contributed by atoms with Crippen LogP contribution in [0.25, 0.3) is 11.4 Å². The zero-order valence-electron chi connectivity index (χ0n) is 17.4. The van der Waals surface area contributed by atoms with E-state index in [1.165, 1.54) is 25.3 Å². The summed E-state index contributed by atoms with van der Waals surface area (Å²) in [7, 11) is -2.55. The molecule has 0 fully saturated rings. The van der Waals surface area contributed by atoms with Crippen LogP contribution in [0.1, 0.15) is 43.1 Å². The molecule has 1 atom stereocenters. The minimum atomic E-state index is -3.90. The standard InChI is InChI=1S/C20H22N4O6S/c1-12(2)24-31(26,27)17-10-14(7-8-16(17)28-4)20(25)29-13(3)19-22-18(23-30-19)15-6-5-9-21-11-15/h5-13,24H,1-4H3. The molecule has 0 spiro atoms. The molecule has 31 heavy (non-hydrogen) atoms. The molecule has 3 rings (SSSR count). The molecule has 1 aromatic carbocycles.